The largest absolute Gasteiger partial charge is 0.314 e. The zero-order chi connectivity index (χ0) is 10.1. The van der Waals surface area contributed by atoms with Crippen molar-refractivity contribution in [2.24, 2.45) is 0 Å². The topological polar surface area (TPSA) is 7.68 Å². The molecule has 0 aromatic carbocycles. The Morgan fingerprint density at radius 2 is 1.62 bits per heavy atom. The van der Waals surface area contributed by atoms with Crippen molar-refractivity contribution in [3.63, 3.8) is 0 Å². The summed E-state index contributed by atoms with van der Waals surface area (Å²) in [4.78, 5) is 3.45. The van der Waals surface area contributed by atoms with Crippen LogP contribution in [0.2, 0.25) is 0 Å². The maximum Gasteiger partial charge on any atom is 0.0937 e. The van der Waals surface area contributed by atoms with Crippen molar-refractivity contribution in [1.82, 2.24) is 4.90 Å². The number of hydrogen-bond donors (Lipinski definition) is 1. The fourth-order valence-electron chi connectivity index (χ4n) is 0.727. The van der Waals surface area contributed by atoms with E-state index in [1.165, 1.54) is 4.90 Å². The van der Waals surface area contributed by atoms with Crippen molar-refractivity contribution < 1.29 is 4.90 Å². The first kappa shape index (κ1) is 12.1. The molecule has 0 atom stereocenters. The summed E-state index contributed by atoms with van der Waals surface area (Å²) in [7, 11) is 8.30. The smallest absolute Gasteiger partial charge is 0.0937 e. The first-order valence-electron chi connectivity index (χ1n) is 4.57. The van der Waals surface area contributed by atoms with E-state index in [0.29, 0.717) is 0 Å². The zero-order valence-electron chi connectivity index (χ0n) is 9.12. The molecule has 0 bridgehead atoms. The highest BCUT2D eigenvalue weighted by atomic mass is 15.0. The molecule has 2 heteroatoms. The number of allylic oxidation sites excluding steroid dienone is 4. The van der Waals surface area contributed by atoms with E-state index in [2.05, 4.69) is 57.5 Å². The van der Waals surface area contributed by atoms with Crippen LogP contribution in [0.3, 0.4) is 0 Å². The Labute approximate surface area is 81.8 Å². The molecule has 0 heterocycles. The highest BCUT2D eigenvalue weighted by molar-refractivity contribution is 5.09. The van der Waals surface area contributed by atoms with Crippen LogP contribution in [-0.4, -0.2) is 39.6 Å². The summed E-state index contributed by atoms with van der Waals surface area (Å²) in [5, 5.41) is 0. The molecule has 74 valence electrons. The SMILES string of the molecule is CN(C)C/C=C/C=C/C=C/[NH+](C)C. The standard InChI is InChI=1S/C11H20N2/c1-12(2)10-8-6-5-7-9-11-13(3)4/h5-10H,11H2,1-4H3/p+1/b6-5+,9-7+,10-8+. The van der Waals surface area contributed by atoms with Crippen LogP contribution in [0.1, 0.15) is 0 Å². The van der Waals surface area contributed by atoms with Crippen LogP contribution in [0.25, 0.3) is 0 Å². The van der Waals surface area contributed by atoms with E-state index >= 15 is 0 Å². The second kappa shape index (κ2) is 7.77. The quantitative estimate of drug-likeness (QED) is 0.600. The second-order valence-corrected chi connectivity index (χ2v) is 3.51. The van der Waals surface area contributed by atoms with Gasteiger partial charge in [0, 0.05) is 6.54 Å². The van der Waals surface area contributed by atoms with Crippen molar-refractivity contribution in [3.05, 3.63) is 36.6 Å². The van der Waals surface area contributed by atoms with Crippen LogP contribution in [0.15, 0.2) is 36.6 Å². The van der Waals surface area contributed by atoms with Crippen LogP contribution in [0.5, 0.6) is 0 Å². The van der Waals surface area contributed by atoms with Gasteiger partial charge < -0.3 is 9.80 Å². The Balaban J connectivity index is 3.57. The number of hydrogen-bond acceptors (Lipinski definition) is 1. The van der Waals surface area contributed by atoms with Gasteiger partial charge in [-0.25, -0.2) is 0 Å². The summed E-state index contributed by atoms with van der Waals surface area (Å²) in [6.07, 6.45) is 12.4. The van der Waals surface area contributed by atoms with Gasteiger partial charge in [0.05, 0.1) is 20.3 Å². The summed E-state index contributed by atoms with van der Waals surface area (Å²) in [6, 6.07) is 0. The Morgan fingerprint density at radius 1 is 1.00 bits per heavy atom. The zero-order valence-corrected chi connectivity index (χ0v) is 9.12. The maximum absolute atomic E-state index is 2.13. The second-order valence-electron chi connectivity index (χ2n) is 3.51. The number of nitrogens with zero attached hydrogens (tertiary/aromatic N) is 1. The lowest BCUT2D eigenvalue weighted by Crippen LogP contribution is -3.00. The minimum atomic E-state index is 0.993. The average molecular weight is 181 g/mol. The van der Waals surface area contributed by atoms with E-state index in [-0.39, 0.29) is 0 Å². The minimum Gasteiger partial charge on any atom is -0.314 e. The first-order chi connectivity index (χ1) is 6.13. The van der Waals surface area contributed by atoms with Gasteiger partial charge in [0.2, 0.25) is 0 Å². The first-order valence-corrected chi connectivity index (χ1v) is 4.57. The normalized spacial score (nSPS) is 13.4. The summed E-state index contributed by atoms with van der Waals surface area (Å²) < 4.78 is 0. The van der Waals surface area contributed by atoms with Crippen molar-refractivity contribution >= 4 is 0 Å². The lowest BCUT2D eigenvalue weighted by atomic mass is 10.4. The van der Waals surface area contributed by atoms with E-state index in [9.17, 15) is 0 Å². The van der Waals surface area contributed by atoms with Crippen LogP contribution in [0.4, 0.5) is 0 Å². The molecule has 0 radical (unpaired) electrons. The molecule has 0 amide bonds. The third-order valence-electron chi connectivity index (χ3n) is 1.37. The van der Waals surface area contributed by atoms with Gasteiger partial charge in [0.1, 0.15) is 0 Å². The Bertz CT molecular complexity index is 188. The molecule has 0 fully saturated rings. The van der Waals surface area contributed by atoms with Gasteiger partial charge in [-0.15, -0.1) is 0 Å². The average Bonchev–Trinajstić information content (AvgIpc) is 2.01. The molecule has 0 aromatic heterocycles. The molecule has 0 aliphatic heterocycles. The summed E-state index contributed by atoms with van der Waals surface area (Å²) in [5.74, 6) is 0. The lowest BCUT2D eigenvalue weighted by Gasteiger charge is -2.02. The van der Waals surface area contributed by atoms with Gasteiger partial charge in [-0.3, -0.25) is 0 Å². The van der Waals surface area contributed by atoms with Gasteiger partial charge in [-0.2, -0.15) is 0 Å². The molecule has 0 unspecified atom stereocenters. The molecule has 0 aliphatic rings. The van der Waals surface area contributed by atoms with Crippen molar-refractivity contribution in [2.75, 3.05) is 34.7 Å². The Hall–Kier alpha value is -0.860. The summed E-state index contributed by atoms with van der Waals surface area (Å²) >= 11 is 0. The molecule has 0 spiro atoms. The van der Waals surface area contributed by atoms with Gasteiger partial charge >= 0.3 is 0 Å². The molecular weight excluding hydrogens is 160 g/mol. The molecular formula is C11H21N2+. The molecule has 13 heavy (non-hydrogen) atoms. The van der Waals surface area contributed by atoms with E-state index in [1.807, 2.05) is 12.2 Å². The molecule has 0 saturated heterocycles. The maximum atomic E-state index is 2.13. The lowest BCUT2D eigenvalue weighted by molar-refractivity contribution is -0.801. The molecule has 0 aliphatic carbocycles. The highest BCUT2D eigenvalue weighted by Crippen LogP contribution is 1.80. The molecule has 0 aromatic rings. The van der Waals surface area contributed by atoms with Gasteiger partial charge in [0.25, 0.3) is 0 Å². The third kappa shape index (κ3) is 11.1. The van der Waals surface area contributed by atoms with Crippen LogP contribution in [0, 0.1) is 0 Å². The van der Waals surface area contributed by atoms with Gasteiger partial charge in [-0.05, 0) is 20.2 Å². The van der Waals surface area contributed by atoms with Crippen molar-refractivity contribution in [2.45, 2.75) is 0 Å². The molecule has 1 N–H and O–H groups in total. The van der Waals surface area contributed by atoms with E-state index in [0.717, 1.165) is 6.54 Å². The van der Waals surface area contributed by atoms with Crippen LogP contribution < -0.4 is 4.90 Å². The van der Waals surface area contributed by atoms with Gasteiger partial charge in [-0.1, -0.05) is 24.3 Å². The third-order valence-corrected chi connectivity index (χ3v) is 1.37. The number of quaternary nitrogens is 1. The van der Waals surface area contributed by atoms with Gasteiger partial charge in [0.15, 0.2) is 0 Å². The Morgan fingerprint density at radius 3 is 2.15 bits per heavy atom. The minimum absolute atomic E-state index is 0.993. The van der Waals surface area contributed by atoms with Crippen molar-refractivity contribution in [3.8, 4) is 0 Å². The fraction of sp³-hybridized carbons (Fsp3) is 0.455. The summed E-state index contributed by atoms with van der Waals surface area (Å²) in [5.41, 5.74) is 0. The molecule has 0 rings (SSSR count). The molecule has 2 nitrogen and oxygen atoms in total. The van der Waals surface area contributed by atoms with Crippen LogP contribution in [-0.2, 0) is 0 Å². The highest BCUT2D eigenvalue weighted by Gasteiger charge is 1.79. The predicted molar refractivity (Wildman–Crippen MR) is 58.8 cm³/mol. The number of rotatable bonds is 5. The predicted octanol–water partition coefficient (Wildman–Crippen LogP) is 0.319. The fourth-order valence-corrected chi connectivity index (χ4v) is 0.727. The van der Waals surface area contributed by atoms with E-state index in [1.54, 1.807) is 0 Å². The van der Waals surface area contributed by atoms with E-state index in [4.69, 9.17) is 0 Å². The van der Waals surface area contributed by atoms with E-state index < -0.39 is 0 Å². The number of likely N-dealkylation sites (N-methyl/N-ethyl adjacent to an activating group) is 1. The Kier molecular flexibility index (Phi) is 7.26. The van der Waals surface area contributed by atoms with Crippen LogP contribution >= 0.6 is 0 Å². The summed E-state index contributed by atoms with van der Waals surface area (Å²) in [6.45, 7) is 0.993. The van der Waals surface area contributed by atoms with Crippen molar-refractivity contribution in [1.29, 1.82) is 0 Å². The number of nitrogens with one attached hydrogen (secondary N) is 1. The monoisotopic (exact) mass is 181 g/mol. The molecule has 0 saturated carbocycles.